The van der Waals surface area contributed by atoms with Gasteiger partial charge in [-0.1, -0.05) is 5.16 Å². The Morgan fingerprint density at radius 1 is 1.80 bits per heavy atom. The lowest BCUT2D eigenvalue weighted by Crippen LogP contribution is -2.37. The number of aliphatic hydroxyl groups excluding tert-OH is 1. The van der Waals surface area contributed by atoms with Crippen LogP contribution >= 0.6 is 0 Å². The molecule has 0 spiro atoms. The molecule has 1 aromatic heterocycles. The van der Waals surface area contributed by atoms with Crippen molar-refractivity contribution in [2.24, 2.45) is 0 Å². The second-order valence-electron chi connectivity index (χ2n) is 3.80. The van der Waals surface area contributed by atoms with Crippen molar-refractivity contribution in [3.8, 4) is 0 Å². The third kappa shape index (κ3) is 1.87. The van der Waals surface area contributed by atoms with Gasteiger partial charge < -0.3 is 14.5 Å². The van der Waals surface area contributed by atoms with Crippen LogP contribution in [0.25, 0.3) is 0 Å². The number of carbonyl (C=O) groups excluding carboxylic acids is 1. The van der Waals surface area contributed by atoms with Gasteiger partial charge in [-0.2, -0.15) is 0 Å². The van der Waals surface area contributed by atoms with Crippen LogP contribution in [0.3, 0.4) is 0 Å². The summed E-state index contributed by atoms with van der Waals surface area (Å²) in [6.07, 6.45) is 1.80. The van der Waals surface area contributed by atoms with Crippen molar-refractivity contribution in [2.45, 2.75) is 25.8 Å². The summed E-state index contributed by atoms with van der Waals surface area (Å²) in [5, 5.41) is 12.8. The third-order valence-corrected chi connectivity index (χ3v) is 2.70. The second-order valence-corrected chi connectivity index (χ2v) is 3.80. The van der Waals surface area contributed by atoms with Gasteiger partial charge in [0.05, 0.1) is 12.6 Å². The van der Waals surface area contributed by atoms with Crippen LogP contribution < -0.4 is 0 Å². The van der Waals surface area contributed by atoms with E-state index in [4.69, 9.17) is 9.63 Å². The average molecular weight is 210 g/mol. The molecule has 5 nitrogen and oxygen atoms in total. The van der Waals surface area contributed by atoms with Crippen molar-refractivity contribution in [3.05, 3.63) is 17.5 Å². The number of hydrogen-bond acceptors (Lipinski definition) is 4. The Bertz CT molecular complexity index is 361. The molecule has 1 fully saturated rings. The molecule has 0 aromatic carbocycles. The first kappa shape index (κ1) is 10.2. The summed E-state index contributed by atoms with van der Waals surface area (Å²) in [7, 11) is 0. The fourth-order valence-electron chi connectivity index (χ4n) is 1.91. The van der Waals surface area contributed by atoms with Crippen molar-refractivity contribution in [3.63, 3.8) is 0 Å². The fraction of sp³-hybridized carbons (Fsp3) is 0.600. The van der Waals surface area contributed by atoms with E-state index < -0.39 is 0 Å². The van der Waals surface area contributed by atoms with Gasteiger partial charge in [-0.05, 0) is 19.8 Å². The number of hydrogen-bond donors (Lipinski definition) is 1. The van der Waals surface area contributed by atoms with Crippen molar-refractivity contribution in [1.82, 2.24) is 10.1 Å². The molecule has 5 heteroatoms. The number of aliphatic hydroxyl groups is 1. The van der Waals surface area contributed by atoms with E-state index in [0.717, 1.165) is 12.8 Å². The Balaban J connectivity index is 2.13. The highest BCUT2D eigenvalue weighted by atomic mass is 16.5. The van der Waals surface area contributed by atoms with Crippen LogP contribution in [0.5, 0.6) is 0 Å². The van der Waals surface area contributed by atoms with Gasteiger partial charge in [0.25, 0.3) is 5.91 Å². The zero-order valence-electron chi connectivity index (χ0n) is 8.64. The van der Waals surface area contributed by atoms with E-state index in [0.29, 0.717) is 18.0 Å². The highest BCUT2D eigenvalue weighted by Gasteiger charge is 2.30. The molecule has 1 amide bonds. The van der Waals surface area contributed by atoms with Crippen LogP contribution in [-0.2, 0) is 0 Å². The lowest BCUT2D eigenvalue weighted by molar-refractivity contribution is 0.0667. The number of amides is 1. The van der Waals surface area contributed by atoms with Gasteiger partial charge in [0.15, 0.2) is 5.69 Å². The molecule has 1 aliphatic heterocycles. The summed E-state index contributed by atoms with van der Waals surface area (Å²) < 4.78 is 4.85. The smallest absolute Gasteiger partial charge is 0.276 e. The number of aryl methyl sites for hydroxylation is 1. The molecule has 2 rings (SSSR count). The number of rotatable bonds is 2. The van der Waals surface area contributed by atoms with Crippen molar-refractivity contribution >= 4 is 5.91 Å². The Hall–Kier alpha value is -1.36. The van der Waals surface area contributed by atoms with E-state index >= 15 is 0 Å². The Morgan fingerprint density at radius 3 is 3.20 bits per heavy atom. The second kappa shape index (κ2) is 4.02. The van der Waals surface area contributed by atoms with Crippen LogP contribution in [-0.4, -0.2) is 40.3 Å². The summed E-state index contributed by atoms with van der Waals surface area (Å²) >= 11 is 0. The van der Waals surface area contributed by atoms with E-state index in [-0.39, 0.29) is 18.6 Å². The molecule has 1 aliphatic rings. The summed E-state index contributed by atoms with van der Waals surface area (Å²) in [5.74, 6) is 0.474. The first-order valence-corrected chi connectivity index (χ1v) is 5.07. The molecule has 0 bridgehead atoms. The molecule has 1 aromatic rings. The predicted molar refractivity (Wildman–Crippen MR) is 52.4 cm³/mol. The maximum Gasteiger partial charge on any atom is 0.276 e. The SMILES string of the molecule is Cc1cc(C(=O)N2CCC[C@H]2CO)no1. The van der Waals surface area contributed by atoms with Crippen LogP contribution in [0.4, 0.5) is 0 Å². The van der Waals surface area contributed by atoms with Gasteiger partial charge in [-0.15, -0.1) is 0 Å². The molecule has 0 radical (unpaired) electrons. The summed E-state index contributed by atoms with van der Waals surface area (Å²) in [5.41, 5.74) is 0.327. The van der Waals surface area contributed by atoms with Crippen LogP contribution in [0, 0.1) is 6.92 Å². The highest BCUT2D eigenvalue weighted by molar-refractivity contribution is 5.92. The first-order valence-electron chi connectivity index (χ1n) is 5.07. The molecule has 0 saturated carbocycles. The van der Waals surface area contributed by atoms with E-state index in [1.54, 1.807) is 17.9 Å². The highest BCUT2D eigenvalue weighted by Crippen LogP contribution is 2.19. The minimum atomic E-state index is -0.150. The summed E-state index contributed by atoms with van der Waals surface area (Å²) in [6.45, 7) is 2.45. The Labute approximate surface area is 87.7 Å². The maximum atomic E-state index is 11.9. The minimum absolute atomic E-state index is 0.0164. The van der Waals surface area contributed by atoms with Crippen molar-refractivity contribution < 1.29 is 14.4 Å². The van der Waals surface area contributed by atoms with E-state index in [2.05, 4.69) is 5.16 Å². The van der Waals surface area contributed by atoms with E-state index in [1.807, 2.05) is 0 Å². The molecule has 82 valence electrons. The van der Waals surface area contributed by atoms with Gasteiger partial charge in [-0.25, -0.2) is 0 Å². The van der Waals surface area contributed by atoms with Crippen LogP contribution in [0.15, 0.2) is 10.6 Å². The Morgan fingerprint density at radius 2 is 2.60 bits per heavy atom. The van der Waals surface area contributed by atoms with Crippen LogP contribution in [0.1, 0.15) is 29.1 Å². The number of carbonyl (C=O) groups is 1. The first-order chi connectivity index (χ1) is 7.22. The number of aromatic nitrogens is 1. The lowest BCUT2D eigenvalue weighted by Gasteiger charge is -2.21. The van der Waals surface area contributed by atoms with E-state index in [1.165, 1.54) is 0 Å². The summed E-state index contributed by atoms with van der Waals surface area (Å²) in [4.78, 5) is 13.6. The van der Waals surface area contributed by atoms with Gasteiger partial charge >= 0.3 is 0 Å². The topological polar surface area (TPSA) is 66.6 Å². The molecule has 2 heterocycles. The Kier molecular flexibility index (Phi) is 2.73. The molecule has 1 atom stereocenters. The van der Waals surface area contributed by atoms with E-state index in [9.17, 15) is 4.79 Å². The average Bonchev–Trinajstić information content (AvgIpc) is 2.84. The zero-order chi connectivity index (χ0) is 10.8. The lowest BCUT2D eigenvalue weighted by atomic mass is 10.2. The summed E-state index contributed by atoms with van der Waals surface area (Å²) in [6, 6.07) is 1.56. The molecular weight excluding hydrogens is 196 g/mol. The molecule has 0 unspecified atom stereocenters. The van der Waals surface area contributed by atoms with Gasteiger partial charge in [0.2, 0.25) is 0 Å². The number of likely N-dealkylation sites (tertiary alicyclic amines) is 1. The standard InChI is InChI=1S/C10H14N2O3/c1-7-5-9(11-15-7)10(14)12-4-2-3-8(12)6-13/h5,8,13H,2-4,6H2,1H3/t8-/m0/s1. The van der Waals surface area contributed by atoms with Crippen molar-refractivity contribution in [1.29, 1.82) is 0 Å². The largest absolute Gasteiger partial charge is 0.394 e. The number of nitrogens with zero attached hydrogens (tertiary/aromatic N) is 2. The monoisotopic (exact) mass is 210 g/mol. The molecule has 1 saturated heterocycles. The third-order valence-electron chi connectivity index (χ3n) is 2.70. The van der Waals surface area contributed by atoms with Gasteiger partial charge in [0.1, 0.15) is 5.76 Å². The molecule has 15 heavy (non-hydrogen) atoms. The quantitative estimate of drug-likeness (QED) is 0.775. The van der Waals surface area contributed by atoms with Crippen LogP contribution in [0.2, 0.25) is 0 Å². The zero-order valence-corrected chi connectivity index (χ0v) is 8.64. The van der Waals surface area contributed by atoms with Gasteiger partial charge in [-0.3, -0.25) is 4.79 Å². The molecule has 1 N–H and O–H groups in total. The molecular formula is C10H14N2O3. The fourth-order valence-corrected chi connectivity index (χ4v) is 1.91. The van der Waals surface area contributed by atoms with Crippen molar-refractivity contribution in [2.75, 3.05) is 13.2 Å². The van der Waals surface area contributed by atoms with Gasteiger partial charge in [0, 0.05) is 12.6 Å². The predicted octanol–water partition coefficient (Wildman–Crippen LogP) is 0.580. The normalized spacial score (nSPS) is 20.9. The minimum Gasteiger partial charge on any atom is -0.394 e. The maximum absolute atomic E-state index is 11.9. The molecule has 0 aliphatic carbocycles.